The minimum atomic E-state index is -0.389. The van der Waals surface area contributed by atoms with E-state index in [1.165, 1.54) is 23.8 Å². The lowest BCUT2D eigenvalue weighted by Crippen LogP contribution is -2.34. The molecule has 0 N–H and O–H groups in total. The van der Waals surface area contributed by atoms with E-state index in [-0.39, 0.29) is 23.8 Å². The van der Waals surface area contributed by atoms with Gasteiger partial charge in [0.05, 0.1) is 33.7 Å². The molecule has 1 aromatic rings. The van der Waals surface area contributed by atoms with Crippen molar-refractivity contribution in [1.82, 2.24) is 4.90 Å². The number of thioether (sulfide) groups is 1. The predicted octanol–water partition coefficient (Wildman–Crippen LogP) is 3.02. The van der Waals surface area contributed by atoms with E-state index in [4.69, 9.17) is 18.9 Å². The highest BCUT2D eigenvalue weighted by atomic mass is 32.2. The molecular formula is C19H27NO6S. The van der Waals surface area contributed by atoms with E-state index in [0.29, 0.717) is 29.6 Å². The van der Waals surface area contributed by atoms with E-state index in [1.807, 2.05) is 0 Å². The van der Waals surface area contributed by atoms with Crippen molar-refractivity contribution in [2.24, 2.45) is 0 Å². The number of unbranched alkanes of at least 4 members (excludes halogenated alkanes) is 2. The maximum atomic E-state index is 12.3. The van der Waals surface area contributed by atoms with Crippen molar-refractivity contribution in [3.63, 3.8) is 0 Å². The van der Waals surface area contributed by atoms with Crippen LogP contribution in [0.25, 0.3) is 0 Å². The molecule has 0 spiro atoms. The summed E-state index contributed by atoms with van der Waals surface area (Å²) in [7, 11) is 4.62. The maximum Gasteiger partial charge on any atom is 0.325 e. The Morgan fingerprint density at radius 1 is 1.15 bits per heavy atom. The van der Waals surface area contributed by atoms with Crippen LogP contribution in [0.1, 0.15) is 37.1 Å². The summed E-state index contributed by atoms with van der Waals surface area (Å²) in [6.07, 6.45) is 2.91. The number of carbonyl (C=O) groups excluding carboxylic acids is 2. The first-order valence-electron chi connectivity index (χ1n) is 8.92. The van der Waals surface area contributed by atoms with Crippen molar-refractivity contribution in [3.8, 4) is 17.2 Å². The summed E-state index contributed by atoms with van der Waals surface area (Å²) in [4.78, 5) is 26.0. The molecule has 1 heterocycles. The Kier molecular flexibility index (Phi) is 8.09. The molecule has 7 nitrogen and oxygen atoms in total. The van der Waals surface area contributed by atoms with Crippen molar-refractivity contribution in [3.05, 3.63) is 17.7 Å². The van der Waals surface area contributed by atoms with Crippen molar-refractivity contribution in [2.45, 2.75) is 31.6 Å². The molecule has 1 unspecified atom stereocenters. The Labute approximate surface area is 164 Å². The van der Waals surface area contributed by atoms with Crippen molar-refractivity contribution in [2.75, 3.05) is 40.2 Å². The van der Waals surface area contributed by atoms with Crippen LogP contribution < -0.4 is 14.2 Å². The standard InChI is InChI=1S/C19H27NO6S/c1-5-6-7-8-26-17(22)11-20-16(21)12-27-19(20)13-9-14(23-2)18(25-4)15(10-13)24-3/h9-10,19H,5-8,11-12H2,1-4H3. The lowest BCUT2D eigenvalue weighted by Gasteiger charge is -2.24. The van der Waals surface area contributed by atoms with Crippen LogP contribution in [0.5, 0.6) is 17.2 Å². The van der Waals surface area contributed by atoms with Crippen LogP contribution in [0.3, 0.4) is 0 Å². The first kappa shape index (κ1) is 21.2. The monoisotopic (exact) mass is 397 g/mol. The van der Waals surface area contributed by atoms with Gasteiger partial charge in [-0.1, -0.05) is 19.8 Å². The summed E-state index contributed by atoms with van der Waals surface area (Å²) in [5.41, 5.74) is 0.805. The van der Waals surface area contributed by atoms with Crippen LogP contribution in [0.2, 0.25) is 0 Å². The van der Waals surface area contributed by atoms with Gasteiger partial charge in [0.15, 0.2) is 11.5 Å². The van der Waals surface area contributed by atoms with E-state index in [2.05, 4.69) is 6.92 Å². The molecule has 150 valence electrons. The summed E-state index contributed by atoms with van der Waals surface area (Å²) < 4.78 is 21.4. The second-order valence-corrected chi connectivity index (χ2v) is 7.14. The molecule has 1 fully saturated rings. The zero-order chi connectivity index (χ0) is 19.8. The minimum absolute atomic E-state index is 0.0702. The van der Waals surface area contributed by atoms with E-state index in [0.717, 1.165) is 24.8 Å². The van der Waals surface area contributed by atoms with Gasteiger partial charge in [0, 0.05) is 0 Å². The molecule has 1 atom stereocenters. The van der Waals surface area contributed by atoms with Crippen molar-refractivity contribution < 1.29 is 28.5 Å². The molecule has 27 heavy (non-hydrogen) atoms. The molecular weight excluding hydrogens is 370 g/mol. The smallest absolute Gasteiger partial charge is 0.325 e. The fourth-order valence-electron chi connectivity index (χ4n) is 2.87. The van der Waals surface area contributed by atoms with Crippen LogP contribution in [-0.2, 0) is 14.3 Å². The topological polar surface area (TPSA) is 74.3 Å². The first-order valence-corrected chi connectivity index (χ1v) is 9.97. The third-order valence-electron chi connectivity index (χ3n) is 4.25. The molecule has 0 aromatic heterocycles. The van der Waals surface area contributed by atoms with Gasteiger partial charge in [-0.25, -0.2) is 0 Å². The zero-order valence-corrected chi connectivity index (χ0v) is 17.1. The number of methoxy groups -OCH3 is 3. The second-order valence-electron chi connectivity index (χ2n) is 6.07. The molecule has 0 saturated carbocycles. The predicted molar refractivity (Wildman–Crippen MR) is 103 cm³/mol. The summed E-state index contributed by atoms with van der Waals surface area (Å²) in [5.74, 6) is 1.33. The van der Waals surface area contributed by atoms with Gasteiger partial charge in [0.25, 0.3) is 0 Å². The van der Waals surface area contributed by atoms with Gasteiger partial charge >= 0.3 is 5.97 Å². The van der Waals surface area contributed by atoms with Gasteiger partial charge in [-0.05, 0) is 24.1 Å². The number of rotatable bonds is 10. The molecule has 2 rings (SSSR count). The van der Waals surface area contributed by atoms with Gasteiger partial charge in [0.2, 0.25) is 11.7 Å². The highest BCUT2D eigenvalue weighted by Crippen LogP contribution is 2.45. The van der Waals surface area contributed by atoms with Crippen molar-refractivity contribution >= 4 is 23.6 Å². The number of carbonyl (C=O) groups is 2. The van der Waals surface area contributed by atoms with Crippen LogP contribution in [-0.4, -0.2) is 57.0 Å². The van der Waals surface area contributed by atoms with E-state index in [9.17, 15) is 9.59 Å². The highest BCUT2D eigenvalue weighted by Gasteiger charge is 2.35. The molecule has 1 aliphatic heterocycles. The summed E-state index contributed by atoms with van der Waals surface area (Å²) >= 11 is 1.45. The average molecular weight is 397 g/mol. The van der Waals surface area contributed by atoms with Crippen LogP contribution in [0.4, 0.5) is 0 Å². The number of hydrogen-bond acceptors (Lipinski definition) is 7. The molecule has 0 radical (unpaired) electrons. The summed E-state index contributed by atoms with van der Waals surface area (Å²) in [6, 6.07) is 3.61. The molecule has 1 aromatic carbocycles. The molecule has 1 aliphatic rings. The Morgan fingerprint density at radius 3 is 2.37 bits per heavy atom. The number of esters is 1. The molecule has 1 amide bonds. The number of ether oxygens (including phenoxy) is 4. The fraction of sp³-hybridized carbons (Fsp3) is 0.579. The number of hydrogen-bond donors (Lipinski definition) is 0. The zero-order valence-electron chi connectivity index (χ0n) is 16.3. The highest BCUT2D eigenvalue weighted by molar-refractivity contribution is 8.00. The van der Waals surface area contributed by atoms with E-state index >= 15 is 0 Å². The van der Waals surface area contributed by atoms with Gasteiger partial charge in [-0.3, -0.25) is 9.59 Å². The Bertz CT molecular complexity index is 641. The third kappa shape index (κ3) is 5.22. The Balaban J connectivity index is 2.16. The summed E-state index contributed by atoms with van der Waals surface area (Å²) in [6.45, 7) is 2.40. The molecule has 0 aliphatic carbocycles. The second kappa shape index (κ2) is 10.3. The van der Waals surface area contributed by atoms with E-state index < -0.39 is 0 Å². The Morgan fingerprint density at radius 2 is 1.81 bits per heavy atom. The van der Waals surface area contributed by atoms with Crippen LogP contribution in [0, 0.1) is 0 Å². The molecule has 0 bridgehead atoms. The van der Waals surface area contributed by atoms with Gasteiger partial charge in [-0.2, -0.15) is 0 Å². The lowest BCUT2D eigenvalue weighted by molar-refractivity contribution is -0.148. The number of nitrogens with zero attached hydrogens (tertiary/aromatic N) is 1. The van der Waals surface area contributed by atoms with Gasteiger partial charge in [-0.15, -0.1) is 11.8 Å². The quantitative estimate of drug-likeness (QED) is 0.444. The lowest BCUT2D eigenvalue weighted by atomic mass is 10.1. The van der Waals surface area contributed by atoms with Gasteiger partial charge < -0.3 is 23.8 Å². The summed E-state index contributed by atoms with van der Waals surface area (Å²) in [5, 5.41) is -0.311. The van der Waals surface area contributed by atoms with Crippen LogP contribution in [0.15, 0.2) is 12.1 Å². The van der Waals surface area contributed by atoms with Gasteiger partial charge in [0.1, 0.15) is 11.9 Å². The fourth-order valence-corrected chi connectivity index (χ4v) is 4.03. The molecule has 8 heteroatoms. The number of benzene rings is 1. The maximum absolute atomic E-state index is 12.3. The molecule has 1 saturated heterocycles. The minimum Gasteiger partial charge on any atom is -0.493 e. The average Bonchev–Trinajstić information content (AvgIpc) is 3.04. The Hall–Kier alpha value is -2.09. The third-order valence-corrected chi connectivity index (χ3v) is 5.51. The number of amides is 1. The SMILES string of the molecule is CCCCCOC(=O)CN1C(=O)CSC1c1cc(OC)c(OC)c(OC)c1. The van der Waals surface area contributed by atoms with E-state index in [1.54, 1.807) is 26.4 Å². The first-order chi connectivity index (χ1) is 13.0. The van der Waals surface area contributed by atoms with Crippen LogP contribution >= 0.6 is 11.8 Å². The normalized spacial score (nSPS) is 16.4. The largest absolute Gasteiger partial charge is 0.493 e. The van der Waals surface area contributed by atoms with Crippen molar-refractivity contribution in [1.29, 1.82) is 0 Å².